The van der Waals surface area contributed by atoms with Crippen molar-refractivity contribution in [1.82, 2.24) is 0 Å². The summed E-state index contributed by atoms with van der Waals surface area (Å²) in [5.41, 5.74) is -1.13. The molecule has 2 saturated heterocycles. The van der Waals surface area contributed by atoms with Crippen molar-refractivity contribution in [2.45, 2.75) is 69.6 Å². The van der Waals surface area contributed by atoms with Crippen LogP contribution in [0.25, 0.3) is 0 Å². The number of fused-ring (bicyclic) bond motifs is 3. The first kappa shape index (κ1) is 11.9. The average Bonchev–Trinajstić information content (AvgIpc) is 2.58. The van der Waals surface area contributed by atoms with Gasteiger partial charge in [-0.25, -0.2) is 0 Å². The zero-order chi connectivity index (χ0) is 12.4. The Morgan fingerprint density at radius 3 is 2.59 bits per heavy atom. The van der Waals surface area contributed by atoms with E-state index < -0.39 is 29.9 Å². The summed E-state index contributed by atoms with van der Waals surface area (Å²) in [7, 11) is 0. The first-order valence-electron chi connectivity index (χ1n) is 6.23. The smallest absolute Gasteiger partial charge is 0.190 e. The molecule has 1 aliphatic carbocycles. The van der Waals surface area contributed by atoms with Crippen molar-refractivity contribution in [3.05, 3.63) is 0 Å². The van der Waals surface area contributed by atoms with E-state index in [1.165, 1.54) is 0 Å². The van der Waals surface area contributed by atoms with Crippen molar-refractivity contribution >= 4 is 0 Å². The zero-order valence-electron chi connectivity index (χ0n) is 10.4. The Bertz CT molecular complexity index is 331. The molecule has 3 fully saturated rings. The summed E-state index contributed by atoms with van der Waals surface area (Å²) in [5, 5.41) is 20.6. The second-order valence-electron chi connectivity index (χ2n) is 6.04. The van der Waals surface area contributed by atoms with E-state index in [0.29, 0.717) is 12.8 Å². The van der Waals surface area contributed by atoms with Gasteiger partial charge in [0, 0.05) is 6.42 Å². The van der Waals surface area contributed by atoms with E-state index >= 15 is 0 Å². The minimum absolute atomic E-state index is 0.102. The molecule has 0 radical (unpaired) electrons. The molecule has 5 heteroatoms. The number of hydrogen-bond acceptors (Lipinski definition) is 5. The Balaban J connectivity index is 1.89. The minimum atomic E-state index is -1.13. The molecule has 0 amide bonds. The van der Waals surface area contributed by atoms with E-state index in [9.17, 15) is 10.2 Å². The highest BCUT2D eigenvalue weighted by atomic mass is 16.8. The fourth-order valence-electron chi connectivity index (χ4n) is 3.46. The van der Waals surface area contributed by atoms with Crippen molar-refractivity contribution < 1.29 is 24.4 Å². The average molecular weight is 244 g/mol. The lowest BCUT2D eigenvalue weighted by molar-refractivity contribution is -0.247. The van der Waals surface area contributed by atoms with E-state index in [0.717, 1.165) is 0 Å². The quantitative estimate of drug-likeness (QED) is 0.645. The summed E-state index contributed by atoms with van der Waals surface area (Å²) < 4.78 is 17.1. The van der Waals surface area contributed by atoms with E-state index in [4.69, 9.17) is 14.2 Å². The van der Waals surface area contributed by atoms with Crippen molar-refractivity contribution in [2.75, 3.05) is 0 Å². The van der Waals surface area contributed by atoms with Gasteiger partial charge in [0.05, 0.1) is 12.2 Å². The van der Waals surface area contributed by atoms with Crippen LogP contribution in [0, 0.1) is 5.92 Å². The molecule has 0 aromatic rings. The van der Waals surface area contributed by atoms with Crippen LogP contribution in [0.15, 0.2) is 0 Å². The summed E-state index contributed by atoms with van der Waals surface area (Å²) in [6, 6.07) is 0. The molecule has 3 rings (SSSR count). The third kappa shape index (κ3) is 1.64. The van der Waals surface area contributed by atoms with Gasteiger partial charge < -0.3 is 24.4 Å². The molecule has 2 heterocycles. The molecule has 2 N–H and O–H groups in total. The lowest BCUT2D eigenvalue weighted by Crippen LogP contribution is -2.56. The SMILES string of the molecule is C[C@H]1C[C@@H](O)C[C@@]2(O)[C@H]3OC(C)(C)O[C@H]3O[C@@H]12. The van der Waals surface area contributed by atoms with Crippen molar-refractivity contribution in [2.24, 2.45) is 5.92 Å². The Kier molecular flexibility index (Phi) is 2.39. The van der Waals surface area contributed by atoms with Crippen LogP contribution in [-0.4, -0.2) is 46.2 Å². The molecule has 0 aromatic carbocycles. The van der Waals surface area contributed by atoms with Gasteiger partial charge in [0.1, 0.15) is 11.7 Å². The third-order valence-corrected chi connectivity index (χ3v) is 4.05. The van der Waals surface area contributed by atoms with Crippen LogP contribution in [0.4, 0.5) is 0 Å². The molecular formula is C12H20O5. The predicted molar refractivity (Wildman–Crippen MR) is 58.1 cm³/mol. The summed E-state index contributed by atoms with van der Waals surface area (Å²) in [6.45, 7) is 5.58. The molecule has 17 heavy (non-hydrogen) atoms. The maximum absolute atomic E-state index is 10.8. The fraction of sp³-hybridized carbons (Fsp3) is 1.00. The fourth-order valence-corrected chi connectivity index (χ4v) is 3.46. The Morgan fingerprint density at radius 2 is 1.88 bits per heavy atom. The van der Waals surface area contributed by atoms with Crippen LogP contribution < -0.4 is 0 Å². The summed E-state index contributed by atoms with van der Waals surface area (Å²) in [4.78, 5) is 0. The molecule has 0 bridgehead atoms. The van der Waals surface area contributed by atoms with Gasteiger partial charge in [0.2, 0.25) is 0 Å². The van der Waals surface area contributed by atoms with Crippen LogP contribution >= 0.6 is 0 Å². The molecule has 3 aliphatic rings. The van der Waals surface area contributed by atoms with Gasteiger partial charge >= 0.3 is 0 Å². The number of ether oxygens (including phenoxy) is 3. The molecular weight excluding hydrogens is 224 g/mol. The van der Waals surface area contributed by atoms with Crippen molar-refractivity contribution in [3.8, 4) is 0 Å². The standard InChI is InChI=1S/C12H20O5/c1-6-4-7(13)5-12(14)8(6)15-10-9(12)16-11(2,3)17-10/h6-10,13-14H,4-5H2,1-3H3/t6-,7+,8-,9-,10+,12-/m0/s1. The van der Waals surface area contributed by atoms with E-state index in [2.05, 4.69) is 0 Å². The van der Waals surface area contributed by atoms with Gasteiger partial charge in [0.15, 0.2) is 12.1 Å². The Labute approximate surface area is 101 Å². The lowest BCUT2D eigenvalue weighted by Gasteiger charge is -2.42. The normalized spacial score (nSPS) is 56.6. The number of rotatable bonds is 0. The van der Waals surface area contributed by atoms with Gasteiger partial charge in [-0.15, -0.1) is 0 Å². The van der Waals surface area contributed by atoms with Gasteiger partial charge in [-0.3, -0.25) is 0 Å². The van der Waals surface area contributed by atoms with E-state index in [1.807, 2.05) is 6.92 Å². The van der Waals surface area contributed by atoms with Crippen molar-refractivity contribution in [3.63, 3.8) is 0 Å². The summed E-state index contributed by atoms with van der Waals surface area (Å²) in [6.07, 6.45) is -0.885. The molecule has 98 valence electrons. The molecule has 6 atom stereocenters. The molecule has 5 nitrogen and oxygen atoms in total. The predicted octanol–water partition coefficient (Wildman–Crippen LogP) is 0.385. The van der Waals surface area contributed by atoms with Gasteiger partial charge in [-0.05, 0) is 26.2 Å². The van der Waals surface area contributed by atoms with Crippen molar-refractivity contribution in [1.29, 1.82) is 0 Å². The van der Waals surface area contributed by atoms with Crippen LogP contribution in [0.1, 0.15) is 33.6 Å². The van der Waals surface area contributed by atoms with E-state index in [1.54, 1.807) is 13.8 Å². The molecule has 0 spiro atoms. The number of aliphatic hydroxyl groups excluding tert-OH is 1. The zero-order valence-corrected chi connectivity index (χ0v) is 10.4. The minimum Gasteiger partial charge on any atom is -0.393 e. The van der Waals surface area contributed by atoms with Gasteiger partial charge in [-0.2, -0.15) is 0 Å². The van der Waals surface area contributed by atoms with Crippen LogP contribution in [-0.2, 0) is 14.2 Å². The molecule has 2 aliphatic heterocycles. The monoisotopic (exact) mass is 244 g/mol. The topological polar surface area (TPSA) is 68.2 Å². The molecule has 1 saturated carbocycles. The third-order valence-electron chi connectivity index (χ3n) is 4.05. The molecule has 0 unspecified atom stereocenters. The first-order valence-corrected chi connectivity index (χ1v) is 6.23. The first-order chi connectivity index (χ1) is 7.82. The summed E-state index contributed by atoms with van der Waals surface area (Å²) in [5.74, 6) is -0.633. The maximum atomic E-state index is 10.8. The van der Waals surface area contributed by atoms with Crippen LogP contribution in [0.2, 0.25) is 0 Å². The van der Waals surface area contributed by atoms with E-state index in [-0.39, 0.29) is 12.0 Å². The highest BCUT2D eigenvalue weighted by Gasteiger charge is 2.65. The largest absolute Gasteiger partial charge is 0.393 e. The second kappa shape index (κ2) is 3.42. The number of hydrogen-bond donors (Lipinski definition) is 2. The van der Waals surface area contributed by atoms with Crippen LogP contribution in [0.3, 0.4) is 0 Å². The maximum Gasteiger partial charge on any atom is 0.190 e. The highest BCUT2D eigenvalue weighted by molar-refractivity contribution is 5.09. The second-order valence-corrected chi connectivity index (χ2v) is 6.04. The highest BCUT2D eigenvalue weighted by Crippen LogP contribution is 2.50. The lowest BCUT2D eigenvalue weighted by atomic mass is 9.73. The number of aliphatic hydroxyl groups is 2. The summed E-state index contributed by atoms with van der Waals surface area (Å²) >= 11 is 0. The van der Waals surface area contributed by atoms with Crippen LogP contribution in [0.5, 0.6) is 0 Å². The van der Waals surface area contributed by atoms with Gasteiger partial charge in [-0.1, -0.05) is 6.92 Å². The Hall–Kier alpha value is -0.200. The van der Waals surface area contributed by atoms with Gasteiger partial charge in [0.25, 0.3) is 0 Å². The Morgan fingerprint density at radius 1 is 1.18 bits per heavy atom. The molecule has 0 aromatic heterocycles.